The first-order valence-electron chi connectivity index (χ1n) is 11.7. The smallest absolute Gasteiger partial charge is 0.123 e. The van der Waals surface area contributed by atoms with Gasteiger partial charge in [-0.15, -0.1) is 0 Å². The summed E-state index contributed by atoms with van der Waals surface area (Å²) in [5.41, 5.74) is 12.9. The third kappa shape index (κ3) is 7.58. The number of nitrogen functional groups attached to an aromatic ring is 2. The molecular weight excluding hydrogens is 360 g/mol. The Kier molecular flexibility index (Phi) is 8.72. The van der Waals surface area contributed by atoms with Gasteiger partial charge in [-0.25, -0.2) is 0 Å². The van der Waals surface area contributed by atoms with E-state index in [0.717, 1.165) is 43.5 Å². The van der Waals surface area contributed by atoms with Gasteiger partial charge in [0, 0.05) is 29.4 Å². The minimum Gasteiger partial charge on any atom is -0.493 e. The SMILES string of the molecule is CCCC1CCC(/C=C/C2CCC(CCCOc3cc(N)cc(N)c3)OC2)CC1. The summed E-state index contributed by atoms with van der Waals surface area (Å²) in [5.74, 6) is 3.15. The second-order valence-electron chi connectivity index (χ2n) is 9.07. The molecule has 4 heteroatoms. The van der Waals surface area contributed by atoms with Crippen LogP contribution in [-0.2, 0) is 4.74 Å². The number of rotatable bonds is 9. The molecule has 29 heavy (non-hydrogen) atoms. The van der Waals surface area contributed by atoms with Crippen molar-refractivity contribution >= 4 is 11.4 Å². The summed E-state index contributed by atoms with van der Waals surface area (Å²) in [7, 11) is 0. The fourth-order valence-electron chi connectivity index (χ4n) is 4.83. The van der Waals surface area contributed by atoms with Crippen molar-refractivity contribution in [2.75, 3.05) is 24.7 Å². The molecule has 4 N–H and O–H groups in total. The maximum atomic E-state index is 6.12. The van der Waals surface area contributed by atoms with Crippen LogP contribution < -0.4 is 16.2 Å². The number of nitrogens with two attached hydrogens (primary N) is 2. The van der Waals surface area contributed by atoms with Gasteiger partial charge in [-0.1, -0.05) is 31.9 Å². The summed E-state index contributed by atoms with van der Waals surface area (Å²) in [6.07, 6.45) is 18.2. The third-order valence-electron chi connectivity index (χ3n) is 6.54. The maximum absolute atomic E-state index is 6.12. The van der Waals surface area contributed by atoms with E-state index < -0.39 is 0 Å². The molecule has 2 fully saturated rings. The van der Waals surface area contributed by atoms with Crippen molar-refractivity contribution in [1.29, 1.82) is 0 Å². The predicted octanol–water partition coefficient (Wildman–Crippen LogP) is 5.97. The Hall–Kier alpha value is -1.68. The van der Waals surface area contributed by atoms with Gasteiger partial charge in [-0.05, 0) is 69.3 Å². The molecule has 0 aromatic heterocycles. The standard InChI is InChI=1S/C25H40N2O2/c1-2-4-19-6-8-20(9-7-19)10-11-21-12-13-24(29-18-21)5-3-14-28-25-16-22(26)15-23(27)17-25/h10-11,15-17,19-21,24H,2-9,12-14,18,26-27H2,1H3/b11-10+. The molecule has 162 valence electrons. The Bertz CT molecular complexity index is 609. The van der Waals surface area contributed by atoms with Gasteiger partial charge >= 0.3 is 0 Å². The Labute approximate surface area is 177 Å². The summed E-state index contributed by atoms with van der Waals surface area (Å²) >= 11 is 0. The molecule has 2 atom stereocenters. The number of hydrogen-bond acceptors (Lipinski definition) is 4. The summed E-state index contributed by atoms with van der Waals surface area (Å²) in [4.78, 5) is 0. The summed E-state index contributed by atoms with van der Waals surface area (Å²) in [6.45, 7) is 3.86. The maximum Gasteiger partial charge on any atom is 0.123 e. The van der Waals surface area contributed by atoms with E-state index in [4.69, 9.17) is 20.9 Å². The molecule has 1 aromatic rings. The van der Waals surface area contributed by atoms with Gasteiger partial charge in [0.15, 0.2) is 0 Å². The fourth-order valence-corrected chi connectivity index (χ4v) is 4.83. The molecule has 0 radical (unpaired) electrons. The second-order valence-corrected chi connectivity index (χ2v) is 9.07. The van der Waals surface area contributed by atoms with Gasteiger partial charge in [0.2, 0.25) is 0 Å². The number of benzene rings is 1. The third-order valence-corrected chi connectivity index (χ3v) is 6.54. The molecule has 2 unspecified atom stereocenters. The van der Waals surface area contributed by atoms with Crippen LogP contribution in [0.2, 0.25) is 0 Å². The van der Waals surface area contributed by atoms with Gasteiger partial charge in [0.1, 0.15) is 5.75 Å². The summed E-state index contributed by atoms with van der Waals surface area (Å²) < 4.78 is 11.9. The van der Waals surface area contributed by atoms with E-state index in [1.165, 1.54) is 44.9 Å². The highest BCUT2D eigenvalue weighted by Crippen LogP contribution is 2.33. The van der Waals surface area contributed by atoms with Crippen LogP contribution in [0, 0.1) is 17.8 Å². The zero-order chi connectivity index (χ0) is 20.5. The molecule has 1 heterocycles. The first-order chi connectivity index (χ1) is 14.1. The first-order valence-corrected chi connectivity index (χ1v) is 11.7. The lowest BCUT2D eigenvalue weighted by molar-refractivity contribution is -0.0107. The minimum atomic E-state index is 0.374. The lowest BCUT2D eigenvalue weighted by atomic mass is 9.79. The Morgan fingerprint density at radius 1 is 0.931 bits per heavy atom. The molecule has 0 bridgehead atoms. The van der Waals surface area contributed by atoms with E-state index in [-0.39, 0.29) is 0 Å². The van der Waals surface area contributed by atoms with Crippen molar-refractivity contribution < 1.29 is 9.47 Å². The zero-order valence-electron chi connectivity index (χ0n) is 18.2. The zero-order valence-corrected chi connectivity index (χ0v) is 18.2. The number of anilines is 2. The van der Waals surface area contributed by atoms with Crippen LogP contribution in [0.1, 0.15) is 71.1 Å². The van der Waals surface area contributed by atoms with Crippen molar-refractivity contribution in [2.24, 2.45) is 17.8 Å². The second kappa shape index (κ2) is 11.5. The molecule has 4 nitrogen and oxygen atoms in total. The fraction of sp³-hybridized carbons (Fsp3) is 0.680. The molecule has 1 aliphatic carbocycles. The predicted molar refractivity (Wildman–Crippen MR) is 122 cm³/mol. The van der Waals surface area contributed by atoms with Crippen LogP contribution >= 0.6 is 0 Å². The molecule has 1 saturated carbocycles. The molecule has 0 spiro atoms. The molecule has 1 aromatic carbocycles. The molecule has 1 aliphatic heterocycles. The van der Waals surface area contributed by atoms with Crippen molar-refractivity contribution in [1.82, 2.24) is 0 Å². The lowest BCUT2D eigenvalue weighted by Gasteiger charge is -2.29. The molecular formula is C25H40N2O2. The minimum absolute atomic E-state index is 0.374. The molecule has 1 saturated heterocycles. The van der Waals surface area contributed by atoms with Crippen LogP contribution in [0.4, 0.5) is 11.4 Å². The molecule has 2 aliphatic rings. The number of ether oxygens (including phenoxy) is 2. The summed E-state index contributed by atoms with van der Waals surface area (Å²) in [6, 6.07) is 5.38. The Morgan fingerprint density at radius 2 is 1.62 bits per heavy atom. The van der Waals surface area contributed by atoms with Gasteiger partial charge in [-0.2, -0.15) is 0 Å². The van der Waals surface area contributed by atoms with E-state index >= 15 is 0 Å². The van der Waals surface area contributed by atoms with Crippen LogP contribution in [0.5, 0.6) is 5.75 Å². The van der Waals surface area contributed by atoms with Crippen LogP contribution in [-0.4, -0.2) is 19.3 Å². The topological polar surface area (TPSA) is 70.5 Å². The number of hydrogen-bond donors (Lipinski definition) is 2. The van der Waals surface area contributed by atoms with E-state index in [1.807, 2.05) is 12.1 Å². The highest BCUT2D eigenvalue weighted by atomic mass is 16.5. The monoisotopic (exact) mass is 400 g/mol. The lowest BCUT2D eigenvalue weighted by Crippen LogP contribution is -2.25. The van der Waals surface area contributed by atoms with Crippen molar-refractivity contribution in [3.63, 3.8) is 0 Å². The average Bonchev–Trinajstić information content (AvgIpc) is 2.71. The normalized spacial score (nSPS) is 27.9. The van der Waals surface area contributed by atoms with E-state index in [9.17, 15) is 0 Å². The van der Waals surface area contributed by atoms with Crippen LogP contribution in [0.15, 0.2) is 30.4 Å². The molecule has 3 rings (SSSR count). The quantitative estimate of drug-likeness (QED) is 0.304. The Morgan fingerprint density at radius 3 is 2.28 bits per heavy atom. The highest BCUT2D eigenvalue weighted by molar-refractivity contribution is 5.56. The van der Waals surface area contributed by atoms with Crippen LogP contribution in [0.25, 0.3) is 0 Å². The van der Waals surface area contributed by atoms with Gasteiger partial charge in [-0.3, -0.25) is 0 Å². The van der Waals surface area contributed by atoms with Crippen molar-refractivity contribution in [2.45, 2.75) is 77.2 Å². The highest BCUT2D eigenvalue weighted by Gasteiger charge is 2.22. The van der Waals surface area contributed by atoms with E-state index in [2.05, 4.69) is 19.1 Å². The first kappa shape index (κ1) is 22.0. The van der Waals surface area contributed by atoms with Crippen molar-refractivity contribution in [3.8, 4) is 5.75 Å². The van der Waals surface area contributed by atoms with Crippen LogP contribution in [0.3, 0.4) is 0 Å². The largest absolute Gasteiger partial charge is 0.493 e. The van der Waals surface area contributed by atoms with E-state index in [1.54, 1.807) is 6.07 Å². The van der Waals surface area contributed by atoms with Gasteiger partial charge in [0.05, 0.1) is 19.3 Å². The van der Waals surface area contributed by atoms with Gasteiger partial charge < -0.3 is 20.9 Å². The summed E-state index contributed by atoms with van der Waals surface area (Å²) in [5, 5.41) is 0. The number of allylic oxidation sites excluding steroid dienone is 1. The average molecular weight is 401 g/mol. The molecule has 0 amide bonds. The van der Waals surface area contributed by atoms with E-state index in [0.29, 0.717) is 30.0 Å². The van der Waals surface area contributed by atoms with Crippen molar-refractivity contribution in [3.05, 3.63) is 30.4 Å². The van der Waals surface area contributed by atoms with Gasteiger partial charge in [0.25, 0.3) is 0 Å². The Balaban J connectivity index is 1.27.